The van der Waals surface area contributed by atoms with Crippen LogP contribution in [-0.4, -0.2) is 27.4 Å². The van der Waals surface area contributed by atoms with Crippen LogP contribution in [0.1, 0.15) is 5.56 Å². The first-order chi connectivity index (χ1) is 12.8. The number of aromatic nitrogens is 2. The van der Waals surface area contributed by atoms with Crippen molar-refractivity contribution in [2.24, 2.45) is 0 Å². The molecule has 1 amide bonds. The van der Waals surface area contributed by atoms with E-state index in [2.05, 4.69) is 4.98 Å². The third-order valence-corrected chi connectivity index (χ3v) is 4.89. The third kappa shape index (κ3) is 4.08. The number of likely N-dealkylation sites (N-methyl/N-ethyl adjacent to an activating group) is 1. The van der Waals surface area contributed by atoms with Crippen LogP contribution in [0.25, 0.3) is 10.9 Å². The molecule has 3 rings (SSSR count). The van der Waals surface area contributed by atoms with Crippen LogP contribution in [0, 0.1) is 5.82 Å². The summed E-state index contributed by atoms with van der Waals surface area (Å²) in [5.74, 6) is -0.915. The molecule has 0 radical (unpaired) electrons. The first-order valence-corrected chi connectivity index (χ1v) is 8.92. The van der Waals surface area contributed by atoms with Crippen molar-refractivity contribution in [3.8, 4) is 0 Å². The maximum absolute atomic E-state index is 13.9. The molecule has 0 bridgehead atoms. The van der Waals surface area contributed by atoms with E-state index in [4.69, 9.17) is 34.8 Å². The van der Waals surface area contributed by atoms with E-state index in [1.807, 2.05) is 0 Å². The van der Waals surface area contributed by atoms with Gasteiger partial charge in [0.1, 0.15) is 12.4 Å². The molecular formula is C18H13Cl3FN3O2. The van der Waals surface area contributed by atoms with Gasteiger partial charge < -0.3 is 4.90 Å². The van der Waals surface area contributed by atoms with Crippen LogP contribution in [0.4, 0.5) is 4.39 Å². The van der Waals surface area contributed by atoms with Gasteiger partial charge >= 0.3 is 0 Å². The van der Waals surface area contributed by atoms with Gasteiger partial charge in [-0.05, 0) is 24.3 Å². The van der Waals surface area contributed by atoms with Gasteiger partial charge in [-0.1, -0.05) is 40.9 Å². The predicted octanol–water partition coefficient (Wildman–Crippen LogP) is 4.15. The van der Waals surface area contributed by atoms with Crippen molar-refractivity contribution in [1.29, 1.82) is 0 Å². The minimum Gasteiger partial charge on any atom is -0.340 e. The van der Waals surface area contributed by atoms with Gasteiger partial charge in [-0.2, -0.15) is 0 Å². The zero-order chi connectivity index (χ0) is 19.7. The van der Waals surface area contributed by atoms with Crippen molar-refractivity contribution in [3.63, 3.8) is 0 Å². The third-order valence-electron chi connectivity index (χ3n) is 4.03. The minimum absolute atomic E-state index is 0.0300. The van der Waals surface area contributed by atoms with Gasteiger partial charge in [0.2, 0.25) is 5.91 Å². The normalized spacial score (nSPS) is 11.0. The van der Waals surface area contributed by atoms with E-state index in [-0.39, 0.29) is 34.1 Å². The number of rotatable bonds is 4. The van der Waals surface area contributed by atoms with Gasteiger partial charge in [0.05, 0.1) is 22.3 Å². The van der Waals surface area contributed by atoms with Crippen LogP contribution in [0.3, 0.4) is 0 Å². The minimum atomic E-state index is -0.504. The SMILES string of the molecule is CN(Cc1c(F)cccc1Cl)C(=O)Cn1cnc2c(Cl)cc(Cl)cc2c1=O. The van der Waals surface area contributed by atoms with E-state index in [0.717, 1.165) is 4.57 Å². The Bertz CT molecular complexity index is 1080. The van der Waals surface area contributed by atoms with Gasteiger partial charge in [-0.3, -0.25) is 14.2 Å². The largest absolute Gasteiger partial charge is 0.340 e. The second-order valence-electron chi connectivity index (χ2n) is 5.91. The smallest absolute Gasteiger partial charge is 0.261 e. The molecule has 3 aromatic rings. The average Bonchev–Trinajstić information content (AvgIpc) is 2.60. The number of hydrogen-bond acceptors (Lipinski definition) is 3. The molecule has 2 aromatic carbocycles. The molecule has 1 aromatic heterocycles. The lowest BCUT2D eigenvalue weighted by molar-refractivity contribution is -0.131. The van der Waals surface area contributed by atoms with Gasteiger partial charge in [-0.25, -0.2) is 9.37 Å². The number of carbonyl (C=O) groups excluding carboxylic acids is 1. The zero-order valence-corrected chi connectivity index (χ0v) is 16.3. The maximum Gasteiger partial charge on any atom is 0.261 e. The average molecular weight is 429 g/mol. The Hall–Kier alpha value is -2.15. The highest BCUT2D eigenvalue weighted by Crippen LogP contribution is 2.24. The molecule has 0 saturated heterocycles. The first-order valence-electron chi connectivity index (χ1n) is 7.79. The molecule has 0 aliphatic heterocycles. The van der Waals surface area contributed by atoms with Crippen LogP contribution >= 0.6 is 34.8 Å². The number of carbonyl (C=O) groups is 1. The maximum atomic E-state index is 13.9. The summed E-state index contributed by atoms with van der Waals surface area (Å²) in [6, 6.07) is 7.23. The molecule has 5 nitrogen and oxygen atoms in total. The van der Waals surface area contributed by atoms with Crippen molar-refractivity contribution < 1.29 is 9.18 Å². The lowest BCUT2D eigenvalue weighted by atomic mass is 10.2. The fourth-order valence-electron chi connectivity index (χ4n) is 2.58. The molecule has 0 aliphatic carbocycles. The molecule has 0 fully saturated rings. The van der Waals surface area contributed by atoms with Crippen LogP contribution in [0.2, 0.25) is 15.1 Å². The summed E-state index contributed by atoms with van der Waals surface area (Å²) in [7, 11) is 1.50. The molecule has 1 heterocycles. The number of amides is 1. The molecule has 0 unspecified atom stereocenters. The molecule has 0 spiro atoms. The standard InChI is InChI=1S/C18H13Cl3FN3O2/c1-24(7-12-13(20)3-2-4-15(12)22)16(26)8-25-9-23-17-11(18(25)27)5-10(19)6-14(17)21/h2-6,9H,7-8H2,1H3. The molecule has 0 aliphatic rings. The van der Waals surface area contributed by atoms with E-state index >= 15 is 0 Å². The highest BCUT2D eigenvalue weighted by atomic mass is 35.5. The molecule has 0 saturated carbocycles. The summed E-state index contributed by atoms with van der Waals surface area (Å²) in [4.78, 5) is 30.5. The van der Waals surface area contributed by atoms with E-state index in [1.54, 1.807) is 6.07 Å². The number of benzene rings is 2. The van der Waals surface area contributed by atoms with Gasteiger partial charge in [-0.15, -0.1) is 0 Å². The van der Waals surface area contributed by atoms with Gasteiger partial charge in [0.25, 0.3) is 5.56 Å². The topological polar surface area (TPSA) is 55.2 Å². The number of halogens is 4. The Morgan fingerprint density at radius 3 is 2.67 bits per heavy atom. The summed E-state index contributed by atoms with van der Waals surface area (Å²) in [6.45, 7) is -0.299. The predicted molar refractivity (Wildman–Crippen MR) is 104 cm³/mol. The Morgan fingerprint density at radius 2 is 1.96 bits per heavy atom. The summed E-state index contributed by atoms with van der Waals surface area (Å²) in [5.41, 5.74) is 0.0638. The van der Waals surface area contributed by atoms with Gasteiger partial charge in [0.15, 0.2) is 0 Å². The van der Waals surface area contributed by atoms with E-state index in [0.29, 0.717) is 10.5 Å². The van der Waals surface area contributed by atoms with Crippen molar-refractivity contribution >= 4 is 51.6 Å². The second kappa shape index (κ2) is 7.84. The molecule has 0 atom stereocenters. The highest BCUT2D eigenvalue weighted by molar-refractivity contribution is 6.38. The lowest BCUT2D eigenvalue weighted by Gasteiger charge is -2.19. The Labute approximate surface area is 168 Å². The van der Waals surface area contributed by atoms with Gasteiger partial charge in [0, 0.05) is 29.2 Å². The highest BCUT2D eigenvalue weighted by Gasteiger charge is 2.16. The summed E-state index contributed by atoms with van der Waals surface area (Å²) in [5, 5.41) is 0.979. The fourth-order valence-corrected chi connectivity index (χ4v) is 3.35. The zero-order valence-electron chi connectivity index (χ0n) is 14.0. The number of hydrogen-bond donors (Lipinski definition) is 0. The van der Waals surface area contributed by atoms with Crippen LogP contribution in [0.15, 0.2) is 41.5 Å². The van der Waals surface area contributed by atoms with Crippen LogP contribution < -0.4 is 5.56 Å². The first kappa shape index (κ1) is 19.6. The fraction of sp³-hybridized carbons (Fsp3) is 0.167. The Kier molecular flexibility index (Phi) is 5.69. The summed E-state index contributed by atoms with van der Waals surface area (Å²) < 4.78 is 15.1. The number of fused-ring (bicyclic) bond motifs is 1. The lowest BCUT2D eigenvalue weighted by Crippen LogP contribution is -2.34. The molecule has 9 heteroatoms. The quantitative estimate of drug-likeness (QED) is 0.627. The second-order valence-corrected chi connectivity index (χ2v) is 7.16. The van der Waals surface area contributed by atoms with Crippen molar-refractivity contribution in [1.82, 2.24) is 14.5 Å². The van der Waals surface area contributed by atoms with Crippen molar-refractivity contribution in [3.05, 3.63) is 73.5 Å². The van der Waals surface area contributed by atoms with E-state index < -0.39 is 17.3 Å². The van der Waals surface area contributed by atoms with Crippen LogP contribution in [-0.2, 0) is 17.9 Å². The molecule has 27 heavy (non-hydrogen) atoms. The summed E-state index contributed by atoms with van der Waals surface area (Å²) >= 11 is 18.0. The van der Waals surface area contributed by atoms with Crippen molar-refractivity contribution in [2.45, 2.75) is 13.1 Å². The molecule has 0 N–H and O–H groups in total. The summed E-state index contributed by atoms with van der Waals surface area (Å²) in [6.07, 6.45) is 1.24. The molecular weight excluding hydrogens is 416 g/mol. The number of nitrogens with zero attached hydrogens (tertiary/aromatic N) is 3. The molecule has 140 valence electrons. The van der Waals surface area contributed by atoms with E-state index in [9.17, 15) is 14.0 Å². The van der Waals surface area contributed by atoms with Crippen molar-refractivity contribution in [2.75, 3.05) is 7.05 Å². The Balaban J connectivity index is 1.85. The van der Waals surface area contributed by atoms with E-state index in [1.165, 1.54) is 42.5 Å². The monoisotopic (exact) mass is 427 g/mol. The Morgan fingerprint density at radius 1 is 1.22 bits per heavy atom. The van der Waals surface area contributed by atoms with Crippen LogP contribution in [0.5, 0.6) is 0 Å².